The van der Waals surface area contributed by atoms with Gasteiger partial charge in [-0.15, -0.1) is 10.2 Å². The number of phenolic OH excluding ortho intramolecular Hbond substituents is 1. The van der Waals surface area contributed by atoms with Crippen molar-refractivity contribution in [2.75, 3.05) is 39.2 Å². The van der Waals surface area contributed by atoms with E-state index in [1.165, 1.54) is 6.42 Å². The highest BCUT2D eigenvalue weighted by molar-refractivity contribution is 5.73. The maximum Gasteiger partial charge on any atom is 0.154 e. The molecule has 144 valence electrons. The van der Waals surface area contributed by atoms with E-state index in [0.717, 1.165) is 48.6 Å². The van der Waals surface area contributed by atoms with E-state index in [9.17, 15) is 5.11 Å². The van der Waals surface area contributed by atoms with Gasteiger partial charge in [-0.2, -0.15) is 0 Å². The van der Waals surface area contributed by atoms with E-state index < -0.39 is 0 Å². The van der Waals surface area contributed by atoms with Gasteiger partial charge in [-0.25, -0.2) is 0 Å². The summed E-state index contributed by atoms with van der Waals surface area (Å²) in [5.41, 5.74) is 3.54. The Morgan fingerprint density at radius 3 is 2.96 bits per heavy atom. The first-order valence-electron chi connectivity index (χ1n) is 9.44. The molecule has 7 nitrogen and oxygen atoms in total. The zero-order valence-corrected chi connectivity index (χ0v) is 15.9. The second-order valence-electron chi connectivity index (χ2n) is 7.29. The number of aromatic nitrogens is 2. The van der Waals surface area contributed by atoms with Gasteiger partial charge < -0.3 is 24.8 Å². The number of likely N-dealkylation sites (N-methyl/N-ethyl adjacent to an activating group) is 1. The number of piperidine rings is 1. The Morgan fingerprint density at radius 1 is 1.30 bits per heavy atom. The summed E-state index contributed by atoms with van der Waals surface area (Å²) >= 11 is 0. The smallest absolute Gasteiger partial charge is 0.154 e. The first-order chi connectivity index (χ1) is 13.2. The van der Waals surface area contributed by atoms with Crippen molar-refractivity contribution in [3.8, 4) is 22.8 Å². The lowest BCUT2D eigenvalue weighted by Crippen LogP contribution is -2.40. The minimum Gasteiger partial charge on any atom is -0.507 e. The van der Waals surface area contributed by atoms with Gasteiger partial charge in [0, 0.05) is 29.8 Å². The lowest BCUT2D eigenvalue weighted by Gasteiger charge is -2.31. The average molecular weight is 370 g/mol. The van der Waals surface area contributed by atoms with Gasteiger partial charge in [0.2, 0.25) is 0 Å². The summed E-state index contributed by atoms with van der Waals surface area (Å²) in [5, 5.41) is 23.0. The molecule has 0 unspecified atom stereocenters. The molecule has 0 bridgehead atoms. The topological polar surface area (TPSA) is 79.7 Å². The molecule has 0 aliphatic carbocycles. The second-order valence-corrected chi connectivity index (χ2v) is 7.29. The Kier molecular flexibility index (Phi) is 5.13. The Balaban J connectivity index is 1.69. The number of phenols is 1. The Hall–Kier alpha value is -2.38. The van der Waals surface area contributed by atoms with Crippen LogP contribution in [0, 0.1) is 0 Å². The molecule has 4 rings (SSSR count). The summed E-state index contributed by atoms with van der Waals surface area (Å²) in [7, 11) is 3.73. The highest BCUT2D eigenvalue weighted by Crippen LogP contribution is 2.37. The molecule has 27 heavy (non-hydrogen) atoms. The number of benzene rings is 1. The fourth-order valence-corrected chi connectivity index (χ4v) is 3.93. The molecule has 1 aromatic heterocycles. The van der Waals surface area contributed by atoms with E-state index in [2.05, 4.69) is 27.5 Å². The Morgan fingerprint density at radius 2 is 2.19 bits per heavy atom. The third kappa shape index (κ3) is 3.70. The first kappa shape index (κ1) is 18.0. The number of rotatable bonds is 4. The summed E-state index contributed by atoms with van der Waals surface area (Å²) in [6, 6.07) is 5.63. The molecule has 7 heteroatoms. The number of nitrogens with one attached hydrogen (secondary N) is 1. The zero-order valence-electron chi connectivity index (χ0n) is 15.9. The van der Waals surface area contributed by atoms with Crippen LogP contribution in [0.5, 0.6) is 11.5 Å². The van der Waals surface area contributed by atoms with Gasteiger partial charge >= 0.3 is 0 Å². The van der Waals surface area contributed by atoms with Crippen LogP contribution in [-0.4, -0.2) is 60.1 Å². The Bertz CT molecular complexity index is 827. The average Bonchev–Trinajstić information content (AvgIpc) is 2.68. The van der Waals surface area contributed by atoms with Crippen molar-refractivity contribution in [1.29, 1.82) is 0 Å². The molecule has 0 saturated carbocycles. The number of nitrogens with zero attached hydrogens (tertiary/aromatic N) is 3. The molecule has 2 aromatic rings. The van der Waals surface area contributed by atoms with E-state index in [1.807, 2.05) is 12.1 Å². The number of ether oxygens (including phenoxy) is 2. The van der Waals surface area contributed by atoms with Crippen LogP contribution in [0.15, 0.2) is 18.2 Å². The van der Waals surface area contributed by atoms with Gasteiger partial charge in [-0.05, 0) is 50.6 Å². The molecule has 2 aliphatic heterocycles. The van der Waals surface area contributed by atoms with Crippen molar-refractivity contribution in [3.05, 3.63) is 29.3 Å². The standard InChI is InChI=1S/C20H26N4O3/c1-24-8-3-4-13(11-24)21-20-17-12-27-9-7-15(17)19(22-23-20)16-6-5-14(26-2)10-18(16)25/h5-6,10,13,25H,3-4,7-9,11-12H2,1-2H3,(H,21,23)/t13-/m1/s1. The van der Waals surface area contributed by atoms with E-state index in [1.54, 1.807) is 13.2 Å². The van der Waals surface area contributed by atoms with E-state index in [4.69, 9.17) is 9.47 Å². The van der Waals surface area contributed by atoms with Crippen molar-refractivity contribution < 1.29 is 14.6 Å². The van der Waals surface area contributed by atoms with Crippen LogP contribution in [0.2, 0.25) is 0 Å². The van der Waals surface area contributed by atoms with E-state index in [0.29, 0.717) is 30.6 Å². The lowest BCUT2D eigenvalue weighted by atomic mass is 9.97. The van der Waals surface area contributed by atoms with Crippen LogP contribution in [-0.2, 0) is 17.8 Å². The number of methoxy groups -OCH3 is 1. The van der Waals surface area contributed by atoms with Crippen molar-refractivity contribution in [2.45, 2.75) is 31.9 Å². The summed E-state index contributed by atoms with van der Waals surface area (Å²) in [6.45, 7) is 3.30. The van der Waals surface area contributed by atoms with E-state index >= 15 is 0 Å². The maximum atomic E-state index is 10.4. The summed E-state index contributed by atoms with van der Waals surface area (Å²) in [5.74, 6) is 1.56. The molecule has 0 radical (unpaired) electrons. The quantitative estimate of drug-likeness (QED) is 0.856. The zero-order chi connectivity index (χ0) is 18.8. The number of fused-ring (bicyclic) bond motifs is 1. The van der Waals surface area contributed by atoms with Crippen LogP contribution in [0.1, 0.15) is 24.0 Å². The van der Waals surface area contributed by atoms with Crippen LogP contribution < -0.4 is 10.1 Å². The highest BCUT2D eigenvalue weighted by atomic mass is 16.5. The molecule has 0 amide bonds. The molecule has 1 saturated heterocycles. The van der Waals surface area contributed by atoms with E-state index in [-0.39, 0.29) is 5.75 Å². The van der Waals surface area contributed by atoms with Crippen LogP contribution in [0.25, 0.3) is 11.3 Å². The van der Waals surface area contributed by atoms with Crippen LogP contribution >= 0.6 is 0 Å². The third-order valence-electron chi connectivity index (χ3n) is 5.35. The lowest BCUT2D eigenvalue weighted by molar-refractivity contribution is 0.111. The van der Waals surface area contributed by atoms with Gasteiger partial charge in [-0.1, -0.05) is 0 Å². The second kappa shape index (κ2) is 7.70. The maximum absolute atomic E-state index is 10.4. The molecule has 1 aromatic carbocycles. The molecule has 0 spiro atoms. The van der Waals surface area contributed by atoms with Crippen LogP contribution in [0.4, 0.5) is 5.82 Å². The third-order valence-corrected chi connectivity index (χ3v) is 5.35. The summed E-state index contributed by atoms with van der Waals surface area (Å²) in [4.78, 5) is 2.33. The minimum atomic E-state index is 0.145. The Labute approximate surface area is 159 Å². The number of hydrogen-bond acceptors (Lipinski definition) is 7. The fourth-order valence-electron chi connectivity index (χ4n) is 3.93. The summed E-state index contributed by atoms with van der Waals surface area (Å²) < 4.78 is 10.9. The highest BCUT2D eigenvalue weighted by Gasteiger charge is 2.25. The van der Waals surface area contributed by atoms with Gasteiger partial charge in [0.25, 0.3) is 0 Å². The molecular formula is C20H26N4O3. The predicted octanol–water partition coefficient (Wildman–Crippen LogP) is 2.44. The predicted molar refractivity (Wildman–Crippen MR) is 103 cm³/mol. The molecule has 2 aliphatic rings. The van der Waals surface area contributed by atoms with Gasteiger partial charge in [-0.3, -0.25) is 0 Å². The molecule has 1 atom stereocenters. The molecular weight excluding hydrogens is 344 g/mol. The van der Waals surface area contributed by atoms with Crippen molar-refractivity contribution >= 4 is 5.82 Å². The monoisotopic (exact) mass is 370 g/mol. The number of hydrogen-bond donors (Lipinski definition) is 2. The van der Waals surface area contributed by atoms with Crippen LogP contribution in [0.3, 0.4) is 0 Å². The summed E-state index contributed by atoms with van der Waals surface area (Å²) in [6.07, 6.45) is 3.06. The molecule has 2 N–H and O–H groups in total. The minimum absolute atomic E-state index is 0.145. The normalized spacial score (nSPS) is 20.1. The number of likely N-dealkylation sites (tertiary alicyclic amines) is 1. The van der Waals surface area contributed by atoms with Gasteiger partial charge in [0.15, 0.2) is 5.82 Å². The molecule has 1 fully saturated rings. The first-order valence-corrected chi connectivity index (χ1v) is 9.44. The largest absolute Gasteiger partial charge is 0.507 e. The van der Waals surface area contributed by atoms with Crippen molar-refractivity contribution in [3.63, 3.8) is 0 Å². The molecule has 3 heterocycles. The number of aromatic hydroxyl groups is 1. The van der Waals surface area contributed by atoms with Crippen molar-refractivity contribution in [2.24, 2.45) is 0 Å². The van der Waals surface area contributed by atoms with Crippen molar-refractivity contribution in [1.82, 2.24) is 15.1 Å². The van der Waals surface area contributed by atoms with Gasteiger partial charge in [0.05, 0.1) is 20.3 Å². The SMILES string of the molecule is COc1ccc(-c2nnc(N[C@@H]3CCCN(C)C3)c3c2CCOC3)c(O)c1. The fraction of sp³-hybridized carbons (Fsp3) is 0.500. The number of anilines is 1. The van der Waals surface area contributed by atoms with Gasteiger partial charge in [0.1, 0.15) is 17.2 Å².